The molecule has 0 aliphatic heterocycles. The molecule has 0 aliphatic carbocycles. The SMILES string of the molecule is CC(=O)C(=[N+]=[N-])P(=O)(O)O. The van der Waals surface area contributed by atoms with E-state index in [4.69, 9.17) is 15.3 Å². The van der Waals surface area contributed by atoms with Crippen LogP contribution < -0.4 is 0 Å². The molecule has 0 aromatic heterocycles. The lowest BCUT2D eigenvalue weighted by atomic mass is 10.5. The summed E-state index contributed by atoms with van der Waals surface area (Å²) in [7, 11) is -4.68. The van der Waals surface area contributed by atoms with Crippen molar-refractivity contribution in [1.29, 1.82) is 0 Å². The lowest BCUT2D eigenvalue weighted by Gasteiger charge is -1.91. The van der Waals surface area contributed by atoms with Crippen molar-refractivity contribution in [3.63, 3.8) is 0 Å². The Morgan fingerprint density at radius 1 is 1.60 bits per heavy atom. The first-order valence-electron chi connectivity index (χ1n) is 2.18. The van der Waals surface area contributed by atoms with Crippen molar-refractivity contribution in [2.75, 3.05) is 0 Å². The molecule has 0 heterocycles. The Labute approximate surface area is 56.3 Å². The zero-order valence-corrected chi connectivity index (χ0v) is 5.95. The molecule has 0 saturated carbocycles. The molecule has 7 heteroatoms. The van der Waals surface area contributed by atoms with Gasteiger partial charge in [-0.3, -0.25) is 4.79 Å². The van der Waals surface area contributed by atoms with E-state index in [0.717, 1.165) is 6.92 Å². The summed E-state index contributed by atoms with van der Waals surface area (Å²) in [4.78, 5) is 28.9. The highest BCUT2D eigenvalue weighted by Crippen LogP contribution is 2.35. The van der Waals surface area contributed by atoms with Gasteiger partial charge in [-0.2, -0.15) is 4.79 Å². The predicted octanol–water partition coefficient (Wildman–Crippen LogP) is -0.619. The highest BCUT2D eigenvalue weighted by Gasteiger charge is 2.36. The van der Waals surface area contributed by atoms with E-state index in [1.54, 1.807) is 0 Å². The zero-order chi connectivity index (χ0) is 8.36. The molecule has 0 rings (SSSR count). The summed E-state index contributed by atoms with van der Waals surface area (Å²) >= 11 is 0. The lowest BCUT2D eigenvalue weighted by Crippen LogP contribution is -2.10. The van der Waals surface area contributed by atoms with Gasteiger partial charge in [-0.05, 0) is 0 Å². The van der Waals surface area contributed by atoms with Gasteiger partial charge in [0, 0.05) is 6.92 Å². The molecule has 0 spiro atoms. The van der Waals surface area contributed by atoms with E-state index >= 15 is 0 Å². The van der Waals surface area contributed by atoms with Crippen LogP contribution in [0.4, 0.5) is 0 Å². The second-order valence-corrected chi connectivity index (χ2v) is 3.04. The van der Waals surface area contributed by atoms with Crippen LogP contribution >= 0.6 is 7.60 Å². The molecule has 0 fully saturated rings. The maximum Gasteiger partial charge on any atom is 0.443 e. The van der Waals surface area contributed by atoms with Crippen LogP contribution in [-0.2, 0) is 9.36 Å². The van der Waals surface area contributed by atoms with Gasteiger partial charge in [0.1, 0.15) is 0 Å². The molecule has 0 bridgehead atoms. The van der Waals surface area contributed by atoms with Crippen molar-refractivity contribution in [3.8, 4) is 0 Å². The molecule has 0 amide bonds. The van der Waals surface area contributed by atoms with E-state index < -0.39 is 18.8 Å². The molecular weight excluding hydrogens is 159 g/mol. The van der Waals surface area contributed by atoms with E-state index in [9.17, 15) is 9.36 Å². The quantitative estimate of drug-likeness (QED) is 0.245. The van der Waals surface area contributed by atoms with E-state index in [1.807, 2.05) is 0 Å². The van der Waals surface area contributed by atoms with E-state index in [0.29, 0.717) is 0 Å². The first kappa shape index (κ1) is 9.20. The van der Waals surface area contributed by atoms with Crippen LogP contribution in [0, 0.1) is 0 Å². The Hall–Kier alpha value is -0.800. The number of hydrogen-bond donors (Lipinski definition) is 2. The van der Waals surface area contributed by atoms with Crippen molar-refractivity contribution in [3.05, 3.63) is 5.53 Å². The van der Waals surface area contributed by atoms with E-state index in [2.05, 4.69) is 4.79 Å². The maximum atomic E-state index is 10.2. The fourth-order valence-electron chi connectivity index (χ4n) is 0.334. The van der Waals surface area contributed by atoms with Crippen LogP contribution in [0.3, 0.4) is 0 Å². The van der Waals surface area contributed by atoms with Gasteiger partial charge < -0.3 is 15.3 Å². The Bertz CT molecular complexity index is 247. The molecule has 0 radical (unpaired) electrons. The Kier molecular flexibility index (Phi) is 2.63. The van der Waals surface area contributed by atoms with Gasteiger partial charge in [0.2, 0.25) is 5.78 Å². The number of carbonyl (C=O) groups excluding carboxylic acids is 1. The molecule has 6 nitrogen and oxygen atoms in total. The molecular formula is C3H5N2O4P. The number of hydrogen-bond acceptors (Lipinski definition) is 2. The van der Waals surface area contributed by atoms with E-state index in [1.165, 1.54) is 0 Å². The predicted molar refractivity (Wildman–Crippen MR) is 31.4 cm³/mol. The highest BCUT2D eigenvalue weighted by atomic mass is 31.2. The minimum atomic E-state index is -4.68. The van der Waals surface area contributed by atoms with Crippen LogP contribution in [0.25, 0.3) is 5.53 Å². The maximum absolute atomic E-state index is 10.2. The number of ketones is 1. The zero-order valence-electron chi connectivity index (χ0n) is 5.05. The van der Waals surface area contributed by atoms with Gasteiger partial charge in [0.25, 0.3) is 0 Å². The molecule has 0 atom stereocenters. The summed E-state index contributed by atoms with van der Waals surface area (Å²) in [5, 5.41) is 0. The molecule has 10 heavy (non-hydrogen) atoms. The fraction of sp³-hybridized carbons (Fsp3) is 0.333. The summed E-state index contributed by atoms with van der Waals surface area (Å²) in [6.45, 7) is 0.897. The van der Waals surface area contributed by atoms with Crippen LogP contribution in [-0.4, -0.2) is 25.8 Å². The standard InChI is InChI=1S/C3H5N2O4P/c1-2(6)3(5-4)10(7,8)9/h1H3,(H2,7,8,9). The van der Waals surface area contributed by atoms with Crippen molar-refractivity contribution < 1.29 is 23.9 Å². The molecule has 0 aromatic rings. The Morgan fingerprint density at radius 3 is 2.00 bits per heavy atom. The smallest absolute Gasteiger partial charge is 0.360 e. The van der Waals surface area contributed by atoms with Gasteiger partial charge in [-0.25, -0.2) is 4.57 Å². The number of rotatable bonds is 2. The Morgan fingerprint density at radius 2 is 2.00 bits per heavy atom. The monoisotopic (exact) mass is 164 g/mol. The second-order valence-electron chi connectivity index (χ2n) is 1.52. The Balaban J connectivity index is 4.94. The van der Waals surface area contributed by atoms with Crippen LogP contribution in [0.2, 0.25) is 0 Å². The van der Waals surface area contributed by atoms with Gasteiger partial charge in [-0.1, -0.05) is 0 Å². The minimum Gasteiger partial charge on any atom is -0.360 e. The summed E-state index contributed by atoms with van der Waals surface area (Å²) in [6, 6.07) is 0. The van der Waals surface area contributed by atoms with Crippen molar-refractivity contribution in [2.45, 2.75) is 6.92 Å². The average Bonchev–Trinajstić information content (AvgIpc) is 1.60. The third kappa shape index (κ3) is 2.21. The molecule has 0 aliphatic rings. The summed E-state index contributed by atoms with van der Waals surface area (Å²) in [5.74, 6) is -0.948. The first-order chi connectivity index (χ1) is 4.39. The van der Waals surface area contributed by atoms with Crippen molar-refractivity contribution in [1.82, 2.24) is 0 Å². The van der Waals surface area contributed by atoms with Crippen LogP contribution in [0.1, 0.15) is 6.92 Å². The summed E-state index contributed by atoms with van der Waals surface area (Å²) in [5.41, 5.74) is 6.79. The van der Waals surface area contributed by atoms with E-state index in [-0.39, 0.29) is 0 Å². The second kappa shape index (κ2) is 2.86. The van der Waals surface area contributed by atoms with Gasteiger partial charge >= 0.3 is 13.0 Å². The normalized spacial score (nSPS) is 10.3. The fourth-order valence-corrected chi connectivity index (χ4v) is 0.860. The number of carbonyl (C=O) groups is 1. The van der Waals surface area contributed by atoms with Crippen LogP contribution in [0.15, 0.2) is 0 Å². The van der Waals surface area contributed by atoms with Gasteiger partial charge in [-0.15, -0.1) is 0 Å². The molecule has 0 unspecified atom stereocenters. The third-order valence-electron chi connectivity index (χ3n) is 0.686. The minimum absolute atomic E-state index is 0.897. The highest BCUT2D eigenvalue weighted by molar-refractivity contribution is 7.73. The average molecular weight is 164 g/mol. The lowest BCUT2D eigenvalue weighted by molar-refractivity contribution is -0.114. The summed E-state index contributed by atoms with van der Waals surface area (Å²) < 4.78 is 10.2. The van der Waals surface area contributed by atoms with Gasteiger partial charge in [0.15, 0.2) is 0 Å². The molecule has 56 valence electrons. The molecule has 0 saturated heterocycles. The van der Waals surface area contributed by atoms with Crippen molar-refractivity contribution in [2.24, 2.45) is 0 Å². The topological polar surface area (TPSA) is 111 Å². The summed E-state index contributed by atoms with van der Waals surface area (Å²) in [6.07, 6.45) is 0. The van der Waals surface area contributed by atoms with Crippen molar-refractivity contribution >= 4 is 18.8 Å². The van der Waals surface area contributed by atoms with Crippen LogP contribution in [0.5, 0.6) is 0 Å². The number of Topliss-reactive ketones (excluding diaryl/α,β-unsaturated/α-hetero) is 1. The molecule has 0 aromatic carbocycles. The largest absolute Gasteiger partial charge is 0.443 e. The molecule has 2 N–H and O–H groups in total. The van der Waals surface area contributed by atoms with Gasteiger partial charge in [0.05, 0.1) is 0 Å². The number of nitrogens with zero attached hydrogens (tertiary/aromatic N) is 2. The first-order valence-corrected chi connectivity index (χ1v) is 3.80. The third-order valence-corrected chi connectivity index (χ3v) is 1.64.